The van der Waals surface area contributed by atoms with Crippen LogP contribution in [-0.4, -0.2) is 69.0 Å². The molecule has 34 heavy (non-hydrogen) atoms. The Hall–Kier alpha value is -3.06. The van der Waals surface area contributed by atoms with E-state index in [1.807, 2.05) is 0 Å². The number of hydrogen-bond donors (Lipinski definition) is 3. The second-order valence-corrected chi connectivity index (χ2v) is 9.09. The molecule has 12 nitrogen and oxygen atoms in total. The Kier molecular flexibility index (Phi) is 7.26. The summed E-state index contributed by atoms with van der Waals surface area (Å²) in [6.45, 7) is 7.69. The van der Waals surface area contributed by atoms with Gasteiger partial charge < -0.3 is 31.0 Å². The average Bonchev–Trinajstić information content (AvgIpc) is 3.28. The van der Waals surface area contributed by atoms with Crippen molar-refractivity contribution in [2.24, 2.45) is 17.6 Å². The number of carbonyl (C=O) groups is 2. The summed E-state index contributed by atoms with van der Waals surface area (Å²) < 4.78 is 34.4. The maximum Gasteiger partial charge on any atom is 0.323 e. The number of ether oxygens (including phenoxy) is 3. The van der Waals surface area contributed by atoms with E-state index >= 15 is 4.39 Å². The fourth-order valence-electron chi connectivity index (χ4n) is 3.60. The molecule has 2 aromatic rings. The third-order valence-electron chi connectivity index (χ3n) is 5.70. The molecule has 1 aliphatic rings. The Morgan fingerprint density at radius 2 is 1.97 bits per heavy atom. The van der Waals surface area contributed by atoms with Gasteiger partial charge in [-0.1, -0.05) is 27.7 Å². The molecule has 0 unspecified atom stereocenters. The smallest absolute Gasteiger partial charge is 0.323 e. The van der Waals surface area contributed by atoms with Crippen molar-refractivity contribution in [3.05, 3.63) is 6.33 Å². The molecule has 188 valence electrons. The predicted octanol–water partition coefficient (Wildman–Crippen LogP) is 1.17. The first-order chi connectivity index (χ1) is 15.9. The van der Waals surface area contributed by atoms with Crippen molar-refractivity contribution in [3.63, 3.8) is 0 Å². The van der Waals surface area contributed by atoms with Gasteiger partial charge in [-0.15, -0.1) is 0 Å². The van der Waals surface area contributed by atoms with E-state index < -0.39 is 48.0 Å². The van der Waals surface area contributed by atoms with Crippen LogP contribution in [0.5, 0.6) is 0 Å². The van der Waals surface area contributed by atoms with Crippen LogP contribution in [-0.2, 0) is 23.8 Å². The van der Waals surface area contributed by atoms with Crippen LogP contribution in [0.2, 0.25) is 0 Å². The van der Waals surface area contributed by atoms with Gasteiger partial charge in [0.05, 0.1) is 12.2 Å². The van der Waals surface area contributed by atoms with Crippen LogP contribution in [0.25, 0.3) is 11.2 Å². The molecule has 0 bridgehead atoms. The summed E-state index contributed by atoms with van der Waals surface area (Å²) in [6, 6.07) is -0.858. The molecule has 3 heterocycles. The Morgan fingerprint density at radius 1 is 1.29 bits per heavy atom. The van der Waals surface area contributed by atoms with Crippen molar-refractivity contribution in [2.75, 3.05) is 24.7 Å². The fraction of sp³-hybridized carbons (Fsp3) is 0.667. The van der Waals surface area contributed by atoms with E-state index in [-0.39, 0.29) is 24.1 Å². The van der Waals surface area contributed by atoms with E-state index in [9.17, 15) is 9.59 Å². The fourth-order valence-corrected chi connectivity index (χ4v) is 3.60. The number of nitrogens with two attached hydrogens (primary N) is 2. The lowest BCUT2D eigenvalue weighted by Crippen LogP contribution is -2.45. The van der Waals surface area contributed by atoms with Crippen molar-refractivity contribution in [1.29, 1.82) is 0 Å². The van der Waals surface area contributed by atoms with E-state index in [0.29, 0.717) is 11.3 Å². The van der Waals surface area contributed by atoms with E-state index in [1.54, 1.807) is 34.7 Å². The minimum absolute atomic E-state index is 0.0481. The number of carbonyl (C=O) groups excluding carboxylic acids is 2. The van der Waals surface area contributed by atoms with E-state index in [0.717, 1.165) is 0 Å². The maximum absolute atomic E-state index is 16.3. The molecule has 3 rings (SSSR count). The van der Waals surface area contributed by atoms with Crippen LogP contribution in [0, 0.1) is 11.8 Å². The predicted molar refractivity (Wildman–Crippen MR) is 121 cm³/mol. The van der Waals surface area contributed by atoms with E-state index in [4.69, 9.17) is 25.7 Å². The standard InChI is InChI=1S/C21H32FN7O5/c1-9(2)12(23)18(31)32-7-11-14(34-17(30)10(3)4)21(5,22)19(33-11)29-8-26-13-15(25-6)27-20(24)28-16(13)29/h8-12,14,19H,7,23H2,1-6H3,(H3,24,25,27,28)/t11-,12+,14-,19-,21-/m1/s1. The number of aromatic nitrogens is 4. The molecule has 1 fully saturated rings. The second kappa shape index (κ2) is 9.66. The number of nitrogens with zero attached hydrogens (tertiary/aromatic N) is 4. The Bertz CT molecular complexity index is 1060. The van der Waals surface area contributed by atoms with Crippen LogP contribution in [0.1, 0.15) is 40.8 Å². The SMILES string of the molecule is CNc1nc(N)nc2c1ncn2[C@@H]1O[C@H](COC(=O)[C@@H](N)C(C)C)[C@@H](OC(=O)C(C)C)[C@@]1(C)F. The zero-order valence-corrected chi connectivity index (χ0v) is 20.1. The number of nitrogen functional groups attached to an aromatic ring is 1. The minimum Gasteiger partial charge on any atom is -0.462 e. The highest BCUT2D eigenvalue weighted by Gasteiger charge is 2.58. The maximum atomic E-state index is 16.3. The Labute approximate surface area is 196 Å². The first kappa shape index (κ1) is 25.6. The minimum atomic E-state index is -2.24. The van der Waals surface area contributed by atoms with Gasteiger partial charge in [-0.05, 0) is 12.8 Å². The highest BCUT2D eigenvalue weighted by molar-refractivity contribution is 5.84. The van der Waals surface area contributed by atoms with Gasteiger partial charge in [0.2, 0.25) is 5.95 Å². The third-order valence-corrected chi connectivity index (χ3v) is 5.70. The van der Waals surface area contributed by atoms with Crippen molar-refractivity contribution in [1.82, 2.24) is 19.5 Å². The zero-order chi connectivity index (χ0) is 25.4. The van der Waals surface area contributed by atoms with Crippen molar-refractivity contribution in [2.45, 2.75) is 64.8 Å². The van der Waals surface area contributed by atoms with Gasteiger partial charge >= 0.3 is 11.9 Å². The highest BCUT2D eigenvalue weighted by Crippen LogP contribution is 2.44. The molecule has 5 atom stereocenters. The number of halogens is 1. The third kappa shape index (κ3) is 4.75. The van der Waals surface area contributed by atoms with Crippen LogP contribution < -0.4 is 16.8 Å². The average molecular weight is 482 g/mol. The number of rotatable bonds is 8. The van der Waals surface area contributed by atoms with Gasteiger partial charge in [0.1, 0.15) is 18.8 Å². The number of imidazole rings is 1. The van der Waals surface area contributed by atoms with Gasteiger partial charge in [-0.25, -0.2) is 9.37 Å². The molecule has 5 N–H and O–H groups in total. The first-order valence-corrected chi connectivity index (χ1v) is 11.0. The van der Waals surface area contributed by atoms with Crippen molar-refractivity contribution in [3.8, 4) is 0 Å². The van der Waals surface area contributed by atoms with Crippen LogP contribution >= 0.6 is 0 Å². The summed E-state index contributed by atoms with van der Waals surface area (Å²) in [7, 11) is 1.64. The number of alkyl halides is 1. The van der Waals surface area contributed by atoms with Gasteiger partial charge in [-0.2, -0.15) is 9.97 Å². The van der Waals surface area contributed by atoms with Gasteiger partial charge in [0.15, 0.2) is 35.0 Å². The zero-order valence-electron chi connectivity index (χ0n) is 20.1. The molecule has 0 radical (unpaired) electrons. The molecule has 0 amide bonds. The van der Waals surface area contributed by atoms with Crippen LogP contribution in [0.15, 0.2) is 6.33 Å². The normalized spacial score (nSPS) is 25.6. The molecular weight excluding hydrogens is 449 g/mol. The molecule has 2 aromatic heterocycles. The largest absolute Gasteiger partial charge is 0.462 e. The summed E-state index contributed by atoms with van der Waals surface area (Å²) >= 11 is 0. The summed E-state index contributed by atoms with van der Waals surface area (Å²) in [5.74, 6) is -1.64. The Balaban J connectivity index is 1.96. The molecule has 13 heteroatoms. The number of nitrogens with one attached hydrogen (secondary N) is 1. The molecule has 0 aromatic carbocycles. The topological polar surface area (TPSA) is 170 Å². The molecule has 0 aliphatic carbocycles. The summed E-state index contributed by atoms with van der Waals surface area (Å²) in [6.07, 6.45) is -2.46. The number of fused-ring (bicyclic) bond motifs is 1. The number of hydrogen-bond acceptors (Lipinski definition) is 11. The van der Waals surface area contributed by atoms with Crippen LogP contribution in [0.4, 0.5) is 16.2 Å². The molecule has 0 spiro atoms. The van der Waals surface area contributed by atoms with Gasteiger partial charge in [-0.3, -0.25) is 14.2 Å². The quantitative estimate of drug-likeness (QED) is 0.462. The second-order valence-electron chi connectivity index (χ2n) is 9.09. The molecule has 1 aliphatic heterocycles. The summed E-state index contributed by atoms with van der Waals surface area (Å²) in [5, 5.41) is 2.86. The van der Waals surface area contributed by atoms with Crippen molar-refractivity contribution < 1.29 is 28.2 Å². The van der Waals surface area contributed by atoms with Crippen molar-refractivity contribution >= 4 is 34.9 Å². The molecular formula is C21H32FN7O5. The van der Waals surface area contributed by atoms with Gasteiger partial charge in [0.25, 0.3) is 0 Å². The monoisotopic (exact) mass is 481 g/mol. The summed E-state index contributed by atoms with van der Waals surface area (Å²) in [5.41, 5.74) is 9.98. The van der Waals surface area contributed by atoms with Crippen LogP contribution in [0.3, 0.4) is 0 Å². The number of esters is 2. The number of anilines is 2. The molecule has 0 saturated carbocycles. The lowest BCUT2D eigenvalue weighted by molar-refractivity contribution is -0.165. The lowest BCUT2D eigenvalue weighted by Gasteiger charge is -2.28. The van der Waals surface area contributed by atoms with E-state index in [2.05, 4.69) is 20.3 Å². The molecule has 1 saturated heterocycles. The van der Waals surface area contributed by atoms with E-state index in [1.165, 1.54) is 17.8 Å². The summed E-state index contributed by atoms with van der Waals surface area (Å²) in [4.78, 5) is 37.2. The first-order valence-electron chi connectivity index (χ1n) is 11.0. The van der Waals surface area contributed by atoms with Gasteiger partial charge in [0, 0.05) is 7.05 Å². The highest BCUT2D eigenvalue weighted by atomic mass is 19.1. The Morgan fingerprint density at radius 3 is 2.56 bits per heavy atom. The lowest BCUT2D eigenvalue weighted by atomic mass is 9.98.